The number of carbonyl (C=O) groups excluding carboxylic acids is 1. The van der Waals surface area contributed by atoms with Crippen molar-refractivity contribution in [3.63, 3.8) is 0 Å². The van der Waals surface area contributed by atoms with Gasteiger partial charge in [0.1, 0.15) is 0 Å². The number of carbonyl (C=O) groups is 1. The summed E-state index contributed by atoms with van der Waals surface area (Å²) in [6.45, 7) is 6.95. The molecule has 2 rings (SSSR count). The molecule has 6 heteroatoms. The summed E-state index contributed by atoms with van der Waals surface area (Å²) in [7, 11) is 0. The van der Waals surface area contributed by atoms with E-state index in [1.165, 1.54) is 17.7 Å². The number of likely N-dealkylation sites (tertiary alicyclic amines) is 1. The van der Waals surface area contributed by atoms with Crippen molar-refractivity contribution in [3.05, 3.63) is 22.4 Å². The zero-order valence-electron chi connectivity index (χ0n) is 14.2. The molecule has 5 nitrogen and oxygen atoms in total. The second kappa shape index (κ2) is 8.66. The summed E-state index contributed by atoms with van der Waals surface area (Å²) in [4.78, 5) is 15.8. The zero-order chi connectivity index (χ0) is 16.7. The van der Waals surface area contributed by atoms with Gasteiger partial charge in [0.2, 0.25) is 0 Å². The molecule has 1 fully saturated rings. The summed E-state index contributed by atoms with van der Waals surface area (Å²) in [5.41, 5.74) is -0.806. The molecule has 2 amide bonds. The standard InChI is InChI=1S/C17H29N3O2S/c1-3-17(22,4-2)13-19-16(21)18-12-14(15-8-7-11-23-15)20-9-5-6-10-20/h7-8,11,14,22H,3-6,9-10,12-13H2,1-2H3,(H2,18,19,21). The number of aliphatic hydroxyl groups is 1. The molecular formula is C17H29N3O2S. The fraction of sp³-hybridized carbons (Fsp3) is 0.706. The van der Waals surface area contributed by atoms with Crippen LogP contribution in [-0.4, -0.2) is 47.8 Å². The monoisotopic (exact) mass is 339 g/mol. The van der Waals surface area contributed by atoms with E-state index < -0.39 is 5.60 Å². The number of urea groups is 1. The molecular weight excluding hydrogens is 310 g/mol. The highest BCUT2D eigenvalue weighted by Gasteiger charge is 2.26. The number of amides is 2. The van der Waals surface area contributed by atoms with E-state index in [2.05, 4.69) is 33.0 Å². The van der Waals surface area contributed by atoms with Crippen LogP contribution in [0.4, 0.5) is 4.79 Å². The van der Waals surface area contributed by atoms with Gasteiger partial charge < -0.3 is 15.7 Å². The van der Waals surface area contributed by atoms with Gasteiger partial charge in [-0.15, -0.1) is 11.3 Å². The van der Waals surface area contributed by atoms with Crippen molar-refractivity contribution in [3.8, 4) is 0 Å². The minimum atomic E-state index is -0.806. The predicted molar refractivity (Wildman–Crippen MR) is 94.8 cm³/mol. The molecule has 1 saturated heterocycles. The van der Waals surface area contributed by atoms with Crippen molar-refractivity contribution < 1.29 is 9.90 Å². The number of hydrogen-bond donors (Lipinski definition) is 3. The lowest BCUT2D eigenvalue weighted by atomic mass is 9.98. The Morgan fingerprint density at radius 1 is 1.35 bits per heavy atom. The summed E-state index contributed by atoms with van der Waals surface area (Å²) in [5.74, 6) is 0. The van der Waals surface area contributed by atoms with Gasteiger partial charge in [-0.05, 0) is 50.2 Å². The maximum absolute atomic E-state index is 12.1. The van der Waals surface area contributed by atoms with Gasteiger partial charge in [-0.25, -0.2) is 4.79 Å². The van der Waals surface area contributed by atoms with Crippen molar-refractivity contribution in [1.29, 1.82) is 0 Å². The van der Waals surface area contributed by atoms with Crippen LogP contribution < -0.4 is 10.6 Å². The Labute approximate surface area is 143 Å². The van der Waals surface area contributed by atoms with E-state index >= 15 is 0 Å². The van der Waals surface area contributed by atoms with Gasteiger partial charge in [-0.2, -0.15) is 0 Å². The van der Waals surface area contributed by atoms with E-state index in [1.807, 2.05) is 13.8 Å². The number of thiophene rings is 1. The molecule has 0 aliphatic carbocycles. The van der Waals surface area contributed by atoms with Crippen LogP contribution in [0, 0.1) is 0 Å². The Bertz CT molecular complexity index is 468. The Hall–Kier alpha value is -1.11. The van der Waals surface area contributed by atoms with Gasteiger partial charge in [0, 0.05) is 18.0 Å². The maximum Gasteiger partial charge on any atom is 0.314 e. The van der Waals surface area contributed by atoms with Crippen molar-refractivity contribution >= 4 is 17.4 Å². The quantitative estimate of drug-likeness (QED) is 0.682. The molecule has 0 spiro atoms. The Morgan fingerprint density at radius 2 is 2.04 bits per heavy atom. The van der Waals surface area contributed by atoms with E-state index in [0.29, 0.717) is 25.9 Å². The molecule has 1 atom stereocenters. The van der Waals surface area contributed by atoms with Crippen LogP contribution >= 0.6 is 11.3 Å². The average Bonchev–Trinajstić information content (AvgIpc) is 3.27. The Kier molecular flexibility index (Phi) is 6.87. The molecule has 23 heavy (non-hydrogen) atoms. The lowest BCUT2D eigenvalue weighted by molar-refractivity contribution is 0.0349. The molecule has 2 heterocycles. The summed E-state index contributed by atoms with van der Waals surface area (Å²) in [6, 6.07) is 4.25. The van der Waals surface area contributed by atoms with Crippen LogP contribution in [0.3, 0.4) is 0 Å². The number of rotatable bonds is 8. The molecule has 1 aliphatic rings. The first kappa shape index (κ1) is 18.2. The van der Waals surface area contributed by atoms with E-state index in [9.17, 15) is 9.90 Å². The van der Waals surface area contributed by atoms with Crippen LogP contribution in [0.1, 0.15) is 50.4 Å². The fourth-order valence-electron chi connectivity index (χ4n) is 2.94. The summed E-state index contributed by atoms with van der Waals surface area (Å²) in [6.07, 6.45) is 3.73. The number of nitrogens with one attached hydrogen (secondary N) is 2. The molecule has 0 aromatic carbocycles. The summed E-state index contributed by atoms with van der Waals surface area (Å²) in [5, 5.41) is 18.1. The van der Waals surface area contributed by atoms with Gasteiger partial charge in [-0.3, -0.25) is 4.90 Å². The van der Waals surface area contributed by atoms with E-state index in [0.717, 1.165) is 13.1 Å². The van der Waals surface area contributed by atoms with Crippen LogP contribution in [-0.2, 0) is 0 Å². The Balaban J connectivity index is 1.85. The molecule has 1 unspecified atom stereocenters. The highest BCUT2D eigenvalue weighted by Crippen LogP contribution is 2.27. The topological polar surface area (TPSA) is 64.6 Å². The molecule has 0 bridgehead atoms. The number of nitrogens with zero attached hydrogens (tertiary/aromatic N) is 1. The van der Waals surface area contributed by atoms with Crippen LogP contribution in [0.25, 0.3) is 0 Å². The van der Waals surface area contributed by atoms with Gasteiger partial charge in [-0.1, -0.05) is 19.9 Å². The van der Waals surface area contributed by atoms with E-state index in [1.54, 1.807) is 11.3 Å². The second-order valence-electron chi connectivity index (χ2n) is 6.27. The molecule has 1 aromatic rings. The van der Waals surface area contributed by atoms with Gasteiger partial charge in [0.05, 0.1) is 11.6 Å². The SMILES string of the molecule is CCC(O)(CC)CNC(=O)NCC(c1cccs1)N1CCCC1. The van der Waals surface area contributed by atoms with Crippen molar-refractivity contribution in [2.75, 3.05) is 26.2 Å². The zero-order valence-corrected chi connectivity index (χ0v) is 15.0. The molecule has 0 saturated carbocycles. The first-order chi connectivity index (χ1) is 11.1. The predicted octanol–water partition coefficient (Wildman–Crippen LogP) is 2.74. The van der Waals surface area contributed by atoms with Crippen LogP contribution in [0.15, 0.2) is 17.5 Å². The lowest BCUT2D eigenvalue weighted by Gasteiger charge is -2.28. The molecule has 3 N–H and O–H groups in total. The lowest BCUT2D eigenvalue weighted by Crippen LogP contribution is -2.47. The summed E-state index contributed by atoms with van der Waals surface area (Å²) >= 11 is 1.74. The summed E-state index contributed by atoms with van der Waals surface area (Å²) < 4.78 is 0. The molecule has 1 aliphatic heterocycles. The fourth-order valence-corrected chi connectivity index (χ4v) is 3.80. The van der Waals surface area contributed by atoms with Gasteiger partial charge >= 0.3 is 6.03 Å². The smallest absolute Gasteiger partial charge is 0.314 e. The third-order valence-electron chi connectivity index (χ3n) is 4.80. The second-order valence-corrected chi connectivity index (χ2v) is 7.25. The van der Waals surface area contributed by atoms with E-state index in [4.69, 9.17) is 0 Å². The third-order valence-corrected chi connectivity index (χ3v) is 5.78. The van der Waals surface area contributed by atoms with Crippen molar-refractivity contribution in [2.45, 2.75) is 51.2 Å². The van der Waals surface area contributed by atoms with Crippen molar-refractivity contribution in [1.82, 2.24) is 15.5 Å². The van der Waals surface area contributed by atoms with E-state index in [-0.39, 0.29) is 12.1 Å². The Morgan fingerprint density at radius 3 is 2.61 bits per heavy atom. The number of hydrogen-bond acceptors (Lipinski definition) is 4. The van der Waals surface area contributed by atoms with Gasteiger partial charge in [0.15, 0.2) is 0 Å². The third kappa shape index (κ3) is 5.19. The van der Waals surface area contributed by atoms with Crippen LogP contribution in [0.2, 0.25) is 0 Å². The average molecular weight is 340 g/mol. The molecule has 0 radical (unpaired) electrons. The first-order valence-electron chi connectivity index (χ1n) is 8.59. The normalized spacial score (nSPS) is 17.2. The first-order valence-corrected chi connectivity index (χ1v) is 9.47. The minimum absolute atomic E-state index is 0.203. The van der Waals surface area contributed by atoms with Gasteiger partial charge in [0.25, 0.3) is 0 Å². The van der Waals surface area contributed by atoms with Crippen molar-refractivity contribution in [2.24, 2.45) is 0 Å². The van der Waals surface area contributed by atoms with Crippen LogP contribution in [0.5, 0.6) is 0 Å². The highest BCUT2D eigenvalue weighted by molar-refractivity contribution is 7.10. The molecule has 130 valence electrons. The highest BCUT2D eigenvalue weighted by atomic mass is 32.1. The molecule has 1 aromatic heterocycles. The largest absolute Gasteiger partial charge is 0.388 e. The maximum atomic E-state index is 12.1. The minimum Gasteiger partial charge on any atom is -0.388 e.